The van der Waals surface area contributed by atoms with Gasteiger partial charge in [0.05, 0.1) is 17.8 Å². The molecule has 0 bridgehead atoms. The normalized spacial score (nSPS) is 14.9. The van der Waals surface area contributed by atoms with Gasteiger partial charge in [-0.3, -0.25) is 14.5 Å². The minimum absolute atomic E-state index is 0.137. The number of nitrogens with one attached hydrogen (secondary N) is 2. The fourth-order valence-corrected chi connectivity index (χ4v) is 4.03. The molecule has 152 valence electrons. The lowest BCUT2D eigenvalue weighted by atomic mass is 10.1. The molecule has 2 amide bonds. The molecule has 2 N–H and O–H groups in total. The summed E-state index contributed by atoms with van der Waals surface area (Å²) >= 11 is 0. The Hall–Kier alpha value is -3.44. The lowest BCUT2D eigenvalue weighted by molar-refractivity contribution is -0.117. The van der Waals surface area contributed by atoms with Gasteiger partial charge in [0, 0.05) is 11.7 Å². The summed E-state index contributed by atoms with van der Waals surface area (Å²) in [6, 6.07) is 25.0. The molecule has 0 fully saturated rings. The molecular formula is C25H25N3O2. The van der Waals surface area contributed by atoms with Crippen LogP contribution in [-0.2, 0) is 11.2 Å². The number of likely N-dealkylation sites (N-methyl/N-ethyl adjacent to an activating group) is 1. The standard InChI is InChI=1S/C25H25N3O2/c1-28(23-16-15-18-9-5-6-12-20(18)23)17-24(29)27-22-14-8-7-13-21(22)25(30)26-19-10-3-2-4-11-19/h2-14,23H,15-17H2,1H3,(H,26,30)(H,27,29)/t23-/m1/s1. The third-order valence-corrected chi connectivity index (χ3v) is 5.50. The second-order valence-corrected chi connectivity index (χ2v) is 7.58. The van der Waals surface area contributed by atoms with Crippen LogP contribution in [0.4, 0.5) is 11.4 Å². The Morgan fingerprint density at radius 3 is 2.43 bits per heavy atom. The second-order valence-electron chi connectivity index (χ2n) is 7.58. The summed E-state index contributed by atoms with van der Waals surface area (Å²) in [6.45, 7) is 0.258. The second kappa shape index (κ2) is 8.93. The monoisotopic (exact) mass is 399 g/mol. The molecule has 0 saturated heterocycles. The van der Waals surface area contributed by atoms with Crippen molar-refractivity contribution in [2.75, 3.05) is 24.2 Å². The van der Waals surface area contributed by atoms with Gasteiger partial charge in [0.15, 0.2) is 0 Å². The highest BCUT2D eigenvalue weighted by atomic mass is 16.2. The zero-order valence-corrected chi connectivity index (χ0v) is 17.0. The van der Waals surface area contributed by atoms with Crippen molar-refractivity contribution in [2.24, 2.45) is 0 Å². The van der Waals surface area contributed by atoms with Crippen molar-refractivity contribution in [1.29, 1.82) is 0 Å². The predicted molar refractivity (Wildman–Crippen MR) is 120 cm³/mol. The Balaban J connectivity index is 1.42. The first kappa shape index (κ1) is 19.9. The predicted octanol–water partition coefficient (Wildman–Crippen LogP) is 4.50. The number of para-hydroxylation sites is 2. The van der Waals surface area contributed by atoms with Crippen LogP contribution in [0.25, 0.3) is 0 Å². The van der Waals surface area contributed by atoms with E-state index < -0.39 is 0 Å². The molecule has 0 aliphatic heterocycles. The lowest BCUT2D eigenvalue weighted by Crippen LogP contribution is -2.33. The first-order valence-corrected chi connectivity index (χ1v) is 10.1. The summed E-state index contributed by atoms with van der Waals surface area (Å²) < 4.78 is 0. The number of amides is 2. The van der Waals surface area contributed by atoms with E-state index in [1.54, 1.807) is 18.2 Å². The van der Waals surface area contributed by atoms with Gasteiger partial charge in [-0.15, -0.1) is 0 Å². The van der Waals surface area contributed by atoms with Gasteiger partial charge < -0.3 is 10.6 Å². The summed E-state index contributed by atoms with van der Waals surface area (Å²) in [6.07, 6.45) is 2.05. The van der Waals surface area contributed by atoms with E-state index in [-0.39, 0.29) is 24.4 Å². The Morgan fingerprint density at radius 2 is 1.60 bits per heavy atom. The lowest BCUT2D eigenvalue weighted by Gasteiger charge is -2.24. The number of carbonyl (C=O) groups is 2. The molecule has 0 spiro atoms. The number of carbonyl (C=O) groups excluding carboxylic acids is 2. The molecule has 1 atom stereocenters. The number of anilines is 2. The van der Waals surface area contributed by atoms with Crippen molar-refractivity contribution in [1.82, 2.24) is 4.90 Å². The molecule has 0 aromatic heterocycles. The first-order chi connectivity index (χ1) is 14.6. The molecule has 5 nitrogen and oxygen atoms in total. The average molecular weight is 399 g/mol. The van der Waals surface area contributed by atoms with Crippen molar-refractivity contribution < 1.29 is 9.59 Å². The van der Waals surface area contributed by atoms with E-state index in [0.717, 1.165) is 12.8 Å². The first-order valence-electron chi connectivity index (χ1n) is 10.1. The average Bonchev–Trinajstić information content (AvgIpc) is 3.19. The van der Waals surface area contributed by atoms with Gasteiger partial charge in [0.25, 0.3) is 5.91 Å². The number of benzene rings is 3. The summed E-state index contributed by atoms with van der Waals surface area (Å²) in [7, 11) is 1.97. The van der Waals surface area contributed by atoms with E-state index in [2.05, 4.69) is 33.7 Å². The zero-order chi connectivity index (χ0) is 20.9. The summed E-state index contributed by atoms with van der Waals surface area (Å²) in [5, 5.41) is 5.78. The molecule has 3 aromatic rings. The number of hydrogen-bond donors (Lipinski definition) is 2. The molecule has 0 saturated carbocycles. The minimum Gasteiger partial charge on any atom is -0.324 e. The maximum atomic E-state index is 12.7. The van der Waals surface area contributed by atoms with Crippen LogP contribution in [0, 0.1) is 0 Å². The number of nitrogens with zero attached hydrogens (tertiary/aromatic N) is 1. The Bertz CT molecular complexity index is 1050. The minimum atomic E-state index is -0.254. The van der Waals surface area contributed by atoms with Crippen LogP contribution in [0.2, 0.25) is 0 Å². The highest BCUT2D eigenvalue weighted by Gasteiger charge is 2.26. The Kier molecular flexibility index (Phi) is 5.91. The molecular weight excluding hydrogens is 374 g/mol. The van der Waals surface area contributed by atoms with Gasteiger partial charge in [-0.2, -0.15) is 0 Å². The van der Waals surface area contributed by atoms with E-state index in [1.165, 1.54) is 11.1 Å². The fraction of sp³-hybridized carbons (Fsp3) is 0.200. The van der Waals surface area contributed by atoms with Crippen LogP contribution in [0.3, 0.4) is 0 Å². The van der Waals surface area contributed by atoms with Crippen LogP contribution in [0.1, 0.15) is 33.9 Å². The fourth-order valence-electron chi connectivity index (χ4n) is 4.03. The molecule has 0 unspecified atom stereocenters. The quantitative estimate of drug-likeness (QED) is 0.642. The molecule has 4 rings (SSSR count). The number of aryl methyl sites for hydroxylation is 1. The van der Waals surface area contributed by atoms with E-state index in [1.807, 2.05) is 49.5 Å². The van der Waals surface area contributed by atoms with E-state index in [4.69, 9.17) is 0 Å². The Morgan fingerprint density at radius 1 is 0.900 bits per heavy atom. The molecule has 30 heavy (non-hydrogen) atoms. The van der Waals surface area contributed by atoms with Gasteiger partial charge in [0.1, 0.15) is 0 Å². The Labute approximate surface area is 176 Å². The largest absolute Gasteiger partial charge is 0.324 e. The van der Waals surface area contributed by atoms with E-state index in [9.17, 15) is 9.59 Å². The molecule has 1 aliphatic rings. The van der Waals surface area contributed by atoms with Crippen molar-refractivity contribution >= 4 is 23.2 Å². The van der Waals surface area contributed by atoms with Gasteiger partial charge in [-0.1, -0.05) is 54.6 Å². The topological polar surface area (TPSA) is 61.4 Å². The molecule has 0 heterocycles. The molecule has 1 aliphatic carbocycles. The van der Waals surface area contributed by atoms with Gasteiger partial charge in [-0.25, -0.2) is 0 Å². The zero-order valence-electron chi connectivity index (χ0n) is 17.0. The molecule has 0 radical (unpaired) electrons. The van der Waals surface area contributed by atoms with Crippen LogP contribution in [-0.4, -0.2) is 30.3 Å². The summed E-state index contributed by atoms with van der Waals surface area (Å²) in [5.41, 5.74) is 4.32. The SMILES string of the molecule is CN(CC(=O)Nc1ccccc1C(=O)Nc1ccccc1)[C@@H]1CCc2ccccc21. The third-order valence-electron chi connectivity index (χ3n) is 5.50. The number of fused-ring (bicyclic) bond motifs is 1. The van der Waals surface area contributed by atoms with E-state index >= 15 is 0 Å². The van der Waals surface area contributed by atoms with Gasteiger partial charge >= 0.3 is 0 Å². The maximum Gasteiger partial charge on any atom is 0.257 e. The molecule has 5 heteroatoms. The summed E-state index contributed by atoms with van der Waals surface area (Å²) in [5.74, 6) is -0.392. The van der Waals surface area contributed by atoms with Crippen molar-refractivity contribution in [3.05, 3.63) is 95.6 Å². The van der Waals surface area contributed by atoms with Crippen LogP contribution in [0.15, 0.2) is 78.9 Å². The maximum absolute atomic E-state index is 12.7. The number of hydrogen-bond acceptors (Lipinski definition) is 3. The number of rotatable bonds is 6. The van der Waals surface area contributed by atoms with Crippen molar-refractivity contribution in [3.63, 3.8) is 0 Å². The van der Waals surface area contributed by atoms with Gasteiger partial charge in [0.2, 0.25) is 5.91 Å². The highest BCUT2D eigenvalue weighted by Crippen LogP contribution is 2.34. The van der Waals surface area contributed by atoms with Gasteiger partial charge in [-0.05, 0) is 55.3 Å². The third kappa shape index (κ3) is 4.42. The van der Waals surface area contributed by atoms with Crippen LogP contribution in [0.5, 0.6) is 0 Å². The summed E-state index contributed by atoms with van der Waals surface area (Å²) in [4.78, 5) is 27.5. The van der Waals surface area contributed by atoms with Crippen molar-refractivity contribution in [2.45, 2.75) is 18.9 Å². The van der Waals surface area contributed by atoms with Crippen LogP contribution < -0.4 is 10.6 Å². The van der Waals surface area contributed by atoms with E-state index in [0.29, 0.717) is 16.9 Å². The highest BCUT2D eigenvalue weighted by molar-refractivity contribution is 6.10. The molecule has 3 aromatic carbocycles. The van der Waals surface area contributed by atoms with Crippen LogP contribution >= 0.6 is 0 Å². The van der Waals surface area contributed by atoms with Crippen molar-refractivity contribution in [3.8, 4) is 0 Å². The smallest absolute Gasteiger partial charge is 0.257 e.